The molecule has 0 aromatic carbocycles. The van der Waals surface area contributed by atoms with Gasteiger partial charge in [-0.05, 0) is 6.42 Å². The van der Waals surface area contributed by atoms with Crippen molar-refractivity contribution in [1.82, 2.24) is 16.0 Å². The highest BCUT2D eigenvalue weighted by Gasteiger charge is 2.20. The number of hydrogen-bond donors (Lipinski definition) is 4. The Morgan fingerprint density at radius 2 is 2.12 bits per heavy atom. The second-order valence-electron chi connectivity index (χ2n) is 3.59. The van der Waals surface area contributed by atoms with Crippen molar-refractivity contribution >= 4 is 17.7 Å². The first-order valence-corrected chi connectivity index (χ1v) is 5.14. The molecule has 1 aliphatic heterocycles. The molecule has 90 valence electrons. The van der Waals surface area contributed by atoms with Gasteiger partial charge in [0.05, 0.1) is 13.1 Å². The Morgan fingerprint density at radius 3 is 2.69 bits per heavy atom. The maximum Gasteiger partial charge on any atom is 0.239 e. The van der Waals surface area contributed by atoms with E-state index in [1.54, 1.807) is 0 Å². The third kappa shape index (κ3) is 4.26. The minimum absolute atomic E-state index is 0.00154. The molecule has 7 heteroatoms. The summed E-state index contributed by atoms with van der Waals surface area (Å²) in [6, 6.07) is 0.00154. The van der Waals surface area contributed by atoms with Crippen LogP contribution in [0.1, 0.15) is 12.8 Å². The summed E-state index contributed by atoms with van der Waals surface area (Å²) in [5, 5.41) is 7.69. The van der Waals surface area contributed by atoms with E-state index >= 15 is 0 Å². The maximum atomic E-state index is 11.2. The van der Waals surface area contributed by atoms with Gasteiger partial charge in [-0.1, -0.05) is 0 Å². The summed E-state index contributed by atoms with van der Waals surface area (Å²) in [7, 11) is 0. The van der Waals surface area contributed by atoms with Gasteiger partial charge in [0, 0.05) is 19.0 Å². The Labute approximate surface area is 93.1 Å². The van der Waals surface area contributed by atoms with Gasteiger partial charge in [-0.3, -0.25) is 14.4 Å². The normalized spacial score (nSPS) is 19.1. The molecule has 0 aromatic heterocycles. The standard InChI is InChI=1S/C9H16N4O3/c10-3-8(15)12-5-9(16)11-4-6-1-2-7(14)13-6/h6H,1-5,10H2,(H,11,16)(H,12,15)(H,13,14). The summed E-state index contributed by atoms with van der Waals surface area (Å²) < 4.78 is 0. The molecular formula is C9H16N4O3. The molecule has 1 saturated heterocycles. The maximum absolute atomic E-state index is 11.2. The number of carbonyl (C=O) groups excluding carboxylic acids is 3. The predicted octanol–water partition coefficient (Wildman–Crippen LogP) is -2.54. The fourth-order valence-corrected chi connectivity index (χ4v) is 1.38. The van der Waals surface area contributed by atoms with E-state index in [-0.39, 0.29) is 36.9 Å². The van der Waals surface area contributed by atoms with Crippen molar-refractivity contribution in [2.75, 3.05) is 19.6 Å². The molecule has 0 aliphatic carbocycles. The number of carbonyl (C=O) groups is 3. The summed E-state index contributed by atoms with van der Waals surface area (Å²) in [5.41, 5.74) is 5.06. The third-order valence-electron chi connectivity index (χ3n) is 2.26. The number of nitrogens with two attached hydrogens (primary N) is 1. The second-order valence-corrected chi connectivity index (χ2v) is 3.59. The Balaban J connectivity index is 2.10. The van der Waals surface area contributed by atoms with Crippen molar-refractivity contribution in [3.8, 4) is 0 Å². The quantitative estimate of drug-likeness (QED) is 0.415. The van der Waals surface area contributed by atoms with E-state index < -0.39 is 0 Å². The number of amides is 3. The highest BCUT2D eigenvalue weighted by atomic mass is 16.2. The molecule has 0 radical (unpaired) electrons. The summed E-state index contributed by atoms with van der Waals surface area (Å²) >= 11 is 0. The molecule has 1 heterocycles. The number of hydrogen-bond acceptors (Lipinski definition) is 4. The van der Waals surface area contributed by atoms with Crippen molar-refractivity contribution in [1.29, 1.82) is 0 Å². The van der Waals surface area contributed by atoms with Crippen LogP contribution in [0.2, 0.25) is 0 Å². The molecule has 5 N–H and O–H groups in total. The van der Waals surface area contributed by atoms with Gasteiger partial charge >= 0.3 is 0 Å². The molecule has 0 saturated carbocycles. The van der Waals surface area contributed by atoms with Gasteiger partial charge in [0.25, 0.3) is 0 Å². The third-order valence-corrected chi connectivity index (χ3v) is 2.26. The van der Waals surface area contributed by atoms with Gasteiger partial charge in [-0.25, -0.2) is 0 Å². The van der Waals surface area contributed by atoms with Gasteiger partial charge < -0.3 is 21.7 Å². The van der Waals surface area contributed by atoms with Gasteiger partial charge in [-0.15, -0.1) is 0 Å². The lowest BCUT2D eigenvalue weighted by Gasteiger charge is -2.11. The van der Waals surface area contributed by atoms with Gasteiger partial charge in [0.15, 0.2) is 0 Å². The fourth-order valence-electron chi connectivity index (χ4n) is 1.38. The summed E-state index contributed by atoms with van der Waals surface area (Å²) in [4.78, 5) is 32.8. The molecule has 0 aromatic rings. The lowest BCUT2D eigenvalue weighted by atomic mass is 10.2. The number of nitrogens with one attached hydrogen (secondary N) is 3. The highest BCUT2D eigenvalue weighted by molar-refractivity contribution is 5.85. The smallest absolute Gasteiger partial charge is 0.239 e. The van der Waals surface area contributed by atoms with Crippen molar-refractivity contribution < 1.29 is 14.4 Å². The van der Waals surface area contributed by atoms with Crippen LogP contribution in [-0.2, 0) is 14.4 Å². The monoisotopic (exact) mass is 228 g/mol. The first-order chi connectivity index (χ1) is 7.61. The van der Waals surface area contributed by atoms with Gasteiger partial charge in [0.1, 0.15) is 0 Å². The molecule has 16 heavy (non-hydrogen) atoms. The molecule has 1 fully saturated rings. The molecule has 7 nitrogen and oxygen atoms in total. The lowest BCUT2D eigenvalue weighted by molar-refractivity contribution is -0.125. The van der Waals surface area contributed by atoms with Crippen molar-refractivity contribution in [2.24, 2.45) is 5.73 Å². The molecule has 0 bridgehead atoms. The largest absolute Gasteiger partial charge is 0.353 e. The Morgan fingerprint density at radius 1 is 1.38 bits per heavy atom. The van der Waals surface area contributed by atoms with Crippen LogP contribution in [0.15, 0.2) is 0 Å². The van der Waals surface area contributed by atoms with Crippen LogP contribution in [0.4, 0.5) is 0 Å². The number of rotatable bonds is 5. The van der Waals surface area contributed by atoms with Crippen molar-refractivity contribution in [3.63, 3.8) is 0 Å². The van der Waals surface area contributed by atoms with Gasteiger partial charge in [-0.2, -0.15) is 0 Å². The van der Waals surface area contributed by atoms with Crippen LogP contribution < -0.4 is 21.7 Å². The summed E-state index contributed by atoms with van der Waals surface area (Å²) in [5.74, 6) is -0.650. The average Bonchev–Trinajstić information content (AvgIpc) is 2.69. The van der Waals surface area contributed by atoms with E-state index in [1.807, 2.05) is 0 Å². The minimum atomic E-state index is -0.371. The van der Waals surface area contributed by atoms with Crippen molar-refractivity contribution in [2.45, 2.75) is 18.9 Å². The van der Waals surface area contributed by atoms with Crippen LogP contribution in [0.3, 0.4) is 0 Å². The Bertz CT molecular complexity index is 292. The first-order valence-electron chi connectivity index (χ1n) is 5.14. The Kier molecular flexibility index (Phi) is 4.71. The highest BCUT2D eigenvalue weighted by Crippen LogP contribution is 2.04. The zero-order valence-electron chi connectivity index (χ0n) is 8.91. The van der Waals surface area contributed by atoms with Crippen LogP contribution >= 0.6 is 0 Å². The van der Waals surface area contributed by atoms with E-state index in [0.717, 1.165) is 6.42 Å². The topological polar surface area (TPSA) is 113 Å². The van der Waals surface area contributed by atoms with E-state index in [0.29, 0.717) is 13.0 Å². The molecule has 1 atom stereocenters. The lowest BCUT2D eigenvalue weighted by Crippen LogP contribution is -2.43. The fraction of sp³-hybridized carbons (Fsp3) is 0.667. The molecule has 1 unspecified atom stereocenters. The molecule has 1 rings (SSSR count). The minimum Gasteiger partial charge on any atom is -0.353 e. The van der Waals surface area contributed by atoms with E-state index in [2.05, 4.69) is 16.0 Å². The second kappa shape index (κ2) is 6.06. The van der Waals surface area contributed by atoms with E-state index in [4.69, 9.17) is 5.73 Å². The van der Waals surface area contributed by atoms with Crippen molar-refractivity contribution in [3.05, 3.63) is 0 Å². The Hall–Kier alpha value is -1.63. The van der Waals surface area contributed by atoms with Crippen LogP contribution in [0.25, 0.3) is 0 Å². The molecule has 3 amide bonds. The average molecular weight is 228 g/mol. The van der Waals surface area contributed by atoms with Gasteiger partial charge in [0.2, 0.25) is 17.7 Å². The van der Waals surface area contributed by atoms with Crippen LogP contribution in [-0.4, -0.2) is 43.4 Å². The zero-order valence-corrected chi connectivity index (χ0v) is 8.91. The first kappa shape index (κ1) is 12.4. The molecular weight excluding hydrogens is 212 g/mol. The van der Waals surface area contributed by atoms with E-state index in [9.17, 15) is 14.4 Å². The van der Waals surface area contributed by atoms with Crippen LogP contribution in [0.5, 0.6) is 0 Å². The van der Waals surface area contributed by atoms with Crippen LogP contribution in [0, 0.1) is 0 Å². The summed E-state index contributed by atoms with van der Waals surface area (Å²) in [6.45, 7) is 0.172. The molecule has 1 aliphatic rings. The van der Waals surface area contributed by atoms with E-state index in [1.165, 1.54) is 0 Å². The zero-order chi connectivity index (χ0) is 12.0. The molecule has 0 spiro atoms. The predicted molar refractivity (Wildman–Crippen MR) is 56.2 cm³/mol. The SMILES string of the molecule is NCC(=O)NCC(=O)NCC1CCC(=O)N1. The summed E-state index contributed by atoms with van der Waals surface area (Å²) in [6.07, 6.45) is 1.23.